The average molecular weight is 647 g/mol. The lowest BCUT2D eigenvalue weighted by atomic mass is 10.0. The second-order valence-corrected chi connectivity index (χ2v) is 12.5. The van der Waals surface area contributed by atoms with Gasteiger partial charge in [-0.2, -0.15) is 0 Å². The Kier molecular flexibility index (Phi) is 7.52. The predicted molar refractivity (Wildman–Crippen MR) is 207 cm³/mol. The van der Waals surface area contributed by atoms with E-state index in [4.69, 9.17) is 9.98 Å². The Morgan fingerprint density at radius 2 is 1.34 bits per heavy atom. The van der Waals surface area contributed by atoms with Gasteiger partial charge < -0.3 is 20.4 Å². The summed E-state index contributed by atoms with van der Waals surface area (Å²) in [7, 11) is 0. The van der Waals surface area contributed by atoms with Gasteiger partial charge in [0.1, 0.15) is 6.17 Å². The first kappa shape index (κ1) is 29.5. The van der Waals surface area contributed by atoms with Crippen molar-refractivity contribution in [3.63, 3.8) is 0 Å². The van der Waals surface area contributed by atoms with Crippen molar-refractivity contribution < 1.29 is 0 Å². The molecule has 0 fully saturated rings. The van der Waals surface area contributed by atoms with Gasteiger partial charge in [-0.3, -0.25) is 9.98 Å². The predicted octanol–water partition coefficient (Wildman–Crippen LogP) is 10.7. The van der Waals surface area contributed by atoms with Gasteiger partial charge >= 0.3 is 0 Å². The number of aromatic nitrogens is 1. The molecule has 2 aliphatic rings. The molecule has 6 aromatic carbocycles. The molecule has 2 atom stereocenters. The highest BCUT2D eigenvalue weighted by Gasteiger charge is 2.32. The third-order valence-corrected chi connectivity index (χ3v) is 9.40. The lowest BCUT2D eigenvalue weighted by molar-refractivity contribution is 0.767. The van der Waals surface area contributed by atoms with Gasteiger partial charge in [0.25, 0.3) is 0 Å². The Labute approximate surface area is 291 Å². The van der Waals surface area contributed by atoms with Gasteiger partial charge in [-0.25, -0.2) is 0 Å². The van der Waals surface area contributed by atoms with Gasteiger partial charge in [-0.1, -0.05) is 103 Å². The second kappa shape index (κ2) is 12.7. The van der Waals surface area contributed by atoms with E-state index in [0.29, 0.717) is 0 Å². The van der Waals surface area contributed by atoms with E-state index in [1.165, 1.54) is 10.8 Å². The Bertz CT molecular complexity index is 2330. The van der Waals surface area contributed by atoms with Crippen LogP contribution < -0.4 is 20.4 Å². The lowest BCUT2D eigenvalue weighted by Gasteiger charge is -2.27. The number of hydrogen-bond donors (Lipinski definition) is 2. The Balaban J connectivity index is 0.936. The van der Waals surface area contributed by atoms with Crippen molar-refractivity contribution in [2.24, 2.45) is 4.99 Å². The van der Waals surface area contributed by atoms with Crippen LogP contribution in [0.5, 0.6) is 0 Å². The number of fused-ring (bicyclic) bond motifs is 2. The highest BCUT2D eigenvalue weighted by molar-refractivity contribution is 5.99. The average Bonchev–Trinajstić information content (AvgIpc) is 3.59. The van der Waals surface area contributed by atoms with Crippen LogP contribution in [0.4, 0.5) is 34.1 Å². The number of nitrogens with zero attached hydrogens (tertiary/aromatic N) is 4. The van der Waals surface area contributed by atoms with Gasteiger partial charge in [0, 0.05) is 46.6 Å². The summed E-state index contributed by atoms with van der Waals surface area (Å²) in [5, 5.41) is 9.63. The van der Waals surface area contributed by atoms with Crippen LogP contribution in [0, 0.1) is 0 Å². The molecule has 2 aliphatic heterocycles. The fourth-order valence-electron chi connectivity index (χ4n) is 6.93. The van der Waals surface area contributed by atoms with E-state index in [1.54, 1.807) is 0 Å². The highest BCUT2D eigenvalue weighted by atomic mass is 15.3. The molecule has 6 heteroatoms. The fourth-order valence-corrected chi connectivity index (χ4v) is 6.93. The molecular weight excluding hydrogens is 613 g/mol. The summed E-state index contributed by atoms with van der Waals surface area (Å²) in [6, 6.07) is 57.2. The van der Waals surface area contributed by atoms with Crippen LogP contribution in [-0.2, 0) is 0 Å². The molecule has 1 aromatic heterocycles. The minimum absolute atomic E-state index is 0.0709. The first-order chi connectivity index (χ1) is 24.8. The van der Waals surface area contributed by atoms with Crippen molar-refractivity contribution in [3.05, 3.63) is 193 Å². The molecule has 2 N–H and O–H groups in total. The van der Waals surface area contributed by atoms with Gasteiger partial charge in [0.2, 0.25) is 0 Å². The van der Waals surface area contributed by atoms with E-state index < -0.39 is 0 Å². The van der Waals surface area contributed by atoms with Crippen molar-refractivity contribution in [2.75, 3.05) is 15.1 Å². The Hall–Kier alpha value is -6.66. The molecule has 2 unspecified atom stereocenters. The van der Waals surface area contributed by atoms with Crippen LogP contribution in [-0.4, -0.2) is 11.2 Å². The first-order valence-electron chi connectivity index (χ1n) is 16.9. The minimum atomic E-state index is -0.107. The number of para-hydroxylation sites is 4. The summed E-state index contributed by atoms with van der Waals surface area (Å²) in [6.07, 6.45) is 5.81. The largest absolute Gasteiger partial charge is 0.377 e. The van der Waals surface area contributed by atoms with Crippen LogP contribution in [0.2, 0.25) is 0 Å². The molecule has 0 radical (unpaired) electrons. The zero-order chi connectivity index (χ0) is 33.3. The molecule has 0 saturated heterocycles. The molecule has 50 heavy (non-hydrogen) atoms. The van der Waals surface area contributed by atoms with E-state index in [-0.39, 0.29) is 12.2 Å². The molecule has 0 bridgehead atoms. The Morgan fingerprint density at radius 1 is 0.620 bits per heavy atom. The normalized spacial score (nSPS) is 16.3. The van der Waals surface area contributed by atoms with Crippen LogP contribution in [0.25, 0.3) is 16.5 Å². The SMILES string of the molecule is C1=NC(c2ccc(N(c3ccccc3)c3cccc4ccccc34)cc2)=CNC1c1ccc(C2Nc3ccccc3N2c2ccccc2)nc1. The molecule has 3 heterocycles. The third kappa shape index (κ3) is 5.43. The maximum absolute atomic E-state index is 4.94. The summed E-state index contributed by atoms with van der Waals surface area (Å²) in [5.74, 6) is 0. The molecule has 0 aliphatic carbocycles. The maximum Gasteiger partial charge on any atom is 0.147 e. The summed E-state index contributed by atoms with van der Waals surface area (Å²) < 4.78 is 0. The standard InChI is InChI=1S/C44H34N6/c1-3-14-34(15-4-1)49(42-21-11-13-31-12-7-8-18-37(31)42)36-25-22-32(23-26-36)40-29-47-41(30-46-40)33-24-27-39(45-28-33)44-48-38-19-9-10-20-43(38)50(44)35-16-5-2-6-17-35/h1-30,41,44,47-48H. The fraction of sp³-hybridized carbons (Fsp3) is 0.0455. The zero-order valence-electron chi connectivity index (χ0n) is 27.3. The Morgan fingerprint density at radius 3 is 2.12 bits per heavy atom. The van der Waals surface area contributed by atoms with E-state index in [9.17, 15) is 0 Å². The van der Waals surface area contributed by atoms with Crippen LogP contribution in [0.15, 0.2) is 181 Å². The smallest absolute Gasteiger partial charge is 0.147 e. The van der Waals surface area contributed by atoms with Crippen molar-refractivity contribution in [3.8, 4) is 0 Å². The molecule has 0 amide bonds. The molecule has 6 nitrogen and oxygen atoms in total. The molecule has 0 spiro atoms. The molecular formula is C44H34N6. The number of nitrogens with one attached hydrogen (secondary N) is 2. The molecule has 9 rings (SSSR count). The minimum Gasteiger partial charge on any atom is -0.377 e. The number of hydrogen-bond acceptors (Lipinski definition) is 6. The van der Waals surface area contributed by atoms with Crippen LogP contribution in [0.1, 0.15) is 29.0 Å². The quantitative estimate of drug-likeness (QED) is 0.180. The molecule has 0 saturated carbocycles. The van der Waals surface area contributed by atoms with Crippen LogP contribution in [0.3, 0.4) is 0 Å². The zero-order valence-corrected chi connectivity index (χ0v) is 27.3. The number of aliphatic imine (C=N–C) groups is 1. The van der Waals surface area contributed by atoms with Crippen molar-refractivity contribution >= 4 is 56.8 Å². The molecule has 7 aromatic rings. The first-order valence-corrected chi connectivity index (χ1v) is 16.9. The monoisotopic (exact) mass is 646 g/mol. The summed E-state index contributed by atoms with van der Waals surface area (Å²) in [4.78, 5) is 14.4. The number of benzene rings is 6. The van der Waals surface area contributed by atoms with Gasteiger partial charge in [0.05, 0.1) is 34.5 Å². The summed E-state index contributed by atoms with van der Waals surface area (Å²) >= 11 is 0. The van der Waals surface area contributed by atoms with Gasteiger partial charge in [-0.15, -0.1) is 0 Å². The van der Waals surface area contributed by atoms with E-state index >= 15 is 0 Å². The number of pyridine rings is 1. The van der Waals surface area contributed by atoms with Gasteiger partial charge in [0.15, 0.2) is 0 Å². The van der Waals surface area contributed by atoms with Crippen LogP contribution >= 0.6 is 0 Å². The molecule has 240 valence electrons. The summed E-state index contributed by atoms with van der Waals surface area (Å²) in [6.45, 7) is 0. The maximum atomic E-state index is 4.94. The number of rotatable bonds is 7. The van der Waals surface area contributed by atoms with Gasteiger partial charge in [-0.05, 0) is 71.6 Å². The second-order valence-electron chi connectivity index (χ2n) is 12.5. The number of anilines is 6. The topological polar surface area (TPSA) is 55.8 Å². The lowest BCUT2D eigenvalue weighted by Crippen LogP contribution is -2.25. The highest BCUT2D eigenvalue weighted by Crippen LogP contribution is 2.45. The third-order valence-electron chi connectivity index (χ3n) is 9.40. The van der Waals surface area contributed by atoms with E-state index in [1.807, 2.05) is 24.7 Å². The van der Waals surface area contributed by atoms with E-state index in [2.05, 4.69) is 178 Å². The van der Waals surface area contributed by atoms with E-state index in [0.717, 1.165) is 56.6 Å². The van der Waals surface area contributed by atoms with Crippen molar-refractivity contribution in [1.29, 1.82) is 0 Å². The van der Waals surface area contributed by atoms with Crippen molar-refractivity contribution in [1.82, 2.24) is 10.3 Å². The summed E-state index contributed by atoms with van der Waals surface area (Å²) in [5.41, 5.74) is 10.6. The van der Waals surface area contributed by atoms with Crippen molar-refractivity contribution in [2.45, 2.75) is 12.2 Å².